The molecule has 1 unspecified atom stereocenters. The normalized spacial score (nSPS) is 11.5. The third kappa shape index (κ3) is 3.12. The number of carbonyl (C=O) groups is 1. The second kappa shape index (κ2) is 6.03. The minimum absolute atomic E-state index is 0.276. The summed E-state index contributed by atoms with van der Waals surface area (Å²) < 4.78 is 4.69. The number of esters is 1. The summed E-state index contributed by atoms with van der Waals surface area (Å²) in [6.45, 7) is 1.98. The summed E-state index contributed by atoms with van der Waals surface area (Å²) in [5, 5.41) is 12.0. The molecule has 0 spiro atoms. The van der Waals surface area contributed by atoms with Gasteiger partial charge in [0.25, 0.3) is 0 Å². The molecule has 0 fully saturated rings. The van der Waals surface area contributed by atoms with Gasteiger partial charge in [0.2, 0.25) is 0 Å². The summed E-state index contributed by atoms with van der Waals surface area (Å²) in [7, 11) is 0. The highest BCUT2D eigenvalue weighted by molar-refractivity contribution is 5.89. The third-order valence-corrected chi connectivity index (χ3v) is 2.70. The molecule has 0 aromatic heterocycles. The summed E-state index contributed by atoms with van der Waals surface area (Å²) >= 11 is 0. The first-order valence-electron chi connectivity index (χ1n) is 6.06. The first kappa shape index (κ1) is 13.1. The molecule has 19 heavy (non-hydrogen) atoms. The van der Waals surface area contributed by atoms with Crippen LogP contribution in [0.25, 0.3) is 10.8 Å². The van der Waals surface area contributed by atoms with Crippen LogP contribution in [0.5, 0.6) is 0 Å². The Bertz CT molecular complexity index is 644. The summed E-state index contributed by atoms with van der Waals surface area (Å²) in [6.07, 6.45) is -1.00. The maximum absolute atomic E-state index is 11.1. The van der Waals surface area contributed by atoms with Crippen LogP contribution in [0.3, 0.4) is 0 Å². The number of ether oxygens (including phenoxy) is 1. The van der Waals surface area contributed by atoms with E-state index in [1.54, 1.807) is 13.0 Å². The number of aliphatic hydroxyl groups excluding tert-OH is 1. The lowest BCUT2D eigenvalue weighted by Crippen LogP contribution is -2.01. The quantitative estimate of drug-likeness (QED) is 0.508. The summed E-state index contributed by atoms with van der Waals surface area (Å²) in [5.41, 5.74) is 0.690. The number of hydrogen-bond donors (Lipinski definition) is 1. The van der Waals surface area contributed by atoms with Crippen LogP contribution in [0, 0.1) is 11.8 Å². The molecule has 2 aromatic rings. The maximum atomic E-state index is 11.1. The van der Waals surface area contributed by atoms with Gasteiger partial charge in [0.05, 0.1) is 6.61 Å². The molecule has 1 atom stereocenters. The van der Waals surface area contributed by atoms with E-state index in [1.807, 2.05) is 36.4 Å². The predicted molar refractivity (Wildman–Crippen MR) is 73.3 cm³/mol. The van der Waals surface area contributed by atoms with Crippen LogP contribution in [0.4, 0.5) is 0 Å². The second-order valence-corrected chi connectivity index (χ2v) is 3.96. The second-order valence-electron chi connectivity index (χ2n) is 3.96. The lowest BCUT2D eigenvalue weighted by molar-refractivity contribution is -0.136. The molecule has 0 saturated heterocycles. The van der Waals surface area contributed by atoms with Gasteiger partial charge in [0.1, 0.15) is 6.10 Å². The van der Waals surface area contributed by atoms with Crippen LogP contribution < -0.4 is 0 Å². The molecule has 0 amide bonds. The Morgan fingerprint density at radius 3 is 2.79 bits per heavy atom. The Hall–Kier alpha value is -2.31. The molecule has 0 radical (unpaired) electrons. The Labute approximate surface area is 111 Å². The van der Waals surface area contributed by atoms with E-state index in [1.165, 1.54) is 0 Å². The van der Waals surface area contributed by atoms with Crippen molar-refractivity contribution in [3.63, 3.8) is 0 Å². The van der Waals surface area contributed by atoms with Gasteiger partial charge in [-0.15, -0.1) is 0 Å². The first-order valence-corrected chi connectivity index (χ1v) is 6.06. The van der Waals surface area contributed by atoms with Crippen LogP contribution in [-0.4, -0.2) is 17.7 Å². The Kier molecular flexibility index (Phi) is 4.17. The van der Waals surface area contributed by atoms with Crippen LogP contribution >= 0.6 is 0 Å². The van der Waals surface area contributed by atoms with E-state index in [9.17, 15) is 9.90 Å². The minimum Gasteiger partial charge on any atom is -0.456 e. The van der Waals surface area contributed by atoms with Crippen LogP contribution in [-0.2, 0) is 9.53 Å². The fourth-order valence-electron chi connectivity index (χ4n) is 1.86. The Morgan fingerprint density at radius 1 is 1.26 bits per heavy atom. The molecule has 0 aliphatic heterocycles. The highest BCUT2D eigenvalue weighted by Gasteiger charge is 2.08. The minimum atomic E-state index is -1.00. The fraction of sp³-hybridized carbons (Fsp3) is 0.188. The summed E-state index contributed by atoms with van der Waals surface area (Å²) in [6, 6.07) is 13.3. The SMILES string of the molecule is CCOC(=O)C#CC(O)c1cccc2ccccc12. The van der Waals surface area contributed by atoms with Gasteiger partial charge in [-0.2, -0.15) is 0 Å². The molecule has 0 bridgehead atoms. The molecule has 0 heterocycles. The number of hydrogen-bond acceptors (Lipinski definition) is 3. The van der Waals surface area contributed by atoms with Crippen molar-refractivity contribution in [3.8, 4) is 11.8 Å². The molecule has 0 saturated carbocycles. The molecular weight excluding hydrogens is 240 g/mol. The van der Waals surface area contributed by atoms with Crippen molar-refractivity contribution in [2.24, 2.45) is 0 Å². The van der Waals surface area contributed by atoms with Gasteiger partial charge in [-0.1, -0.05) is 48.4 Å². The van der Waals surface area contributed by atoms with E-state index in [4.69, 9.17) is 4.74 Å². The lowest BCUT2D eigenvalue weighted by Gasteiger charge is -2.08. The van der Waals surface area contributed by atoms with Crippen molar-refractivity contribution < 1.29 is 14.6 Å². The topological polar surface area (TPSA) is 46.5 Å². The smallest absolute Gasteiger partial charge is 0.384 e. The van der Waals surface area contributed by atoms with E-state index in [2.05, 4.69) is 11.8 Å². The number of rotatable bonds is 2. The molecule has 96 valence electrons. The monoisotopic (exact) mass is 254 g/mol. The molecule has 3 heteroatoms. The fourth-order valence-corrected chi connectivity index (χ4v) is 1.86. The average molecular weight is 254 g/mol. The van der Waals surface area contributed by atoms with Crippen molar-refractivity contribution in [1.29, 1.82) is 0 Å². The predicted octanol–water partition coefficient (Wildman–Crippen LogP) is 2.44. The zero-order valence-corrected chi connectivity index (χ0v) is 10.6. The molecule has 1 N–H and O–H groups in total. The molecule has 2 aromatic carbocycles. The molecular formula is C16H14O3. The van der Waals surface area contributed by atoms with E-state index in [0.717, 1.165) is 10.8 Å². The third-order valence-electron chi connectivity index (χ3n) is 2.70. The highest BCUT2D eigenvalue weighted by Crippen LogP contribution is 2.23. The molecule has 0 aliphatic rings. The lowest BCUT2D eigenvalue weighted by atomic mass is 10.0. The van der Waals surface area contributed by atoms with E-state index >= 15 is 0 Å². The van der Waals surface area contributed by atoms with E-state index in [-0.39, 0.29) is 6.61 Å². The summed E-state index contributed by atoms with van der Waals surface area (Å²) in [4.78, 5) is 11.1. The average Bonchev–Trinajstić information content (AvgIpc) is 2.44. The van der Waals surface area contributed by atoms with Gasteiger partial charge in [-0.3, -0.25) is 0 Å². The van der Waals surface area contributed by atoms with Crippen LogP contribution in [0.15, 0.2) is 42.5 Å². The van der Waals surface area contributed by atoms with Gasteiger partial charge in [-0.05, 0) is 17.7 Å². The van der Waals surface area contributed by atoms with Gasteiger partial charge < -0.3 is 9.84 Å². The molecule has 2 rings (SSSR count). The number of aliphatic hydroxyl groups is 1. The number of fused-ring (bicyclic) bond motifs is 1. The largest absolute Gasteiger partial charge is 0.456 e. The van der Waals surface area contributed by atoms with Crippen molar-refractivity contribution in [3.05, 3.63) is 48.0 Å². The molecule has 0 aliphatic carbocycles. The van der Waals surface area contributed by atoms with Crippen LogP contribution in [0.2, 0.25) is 0 Å². The van der Waals surface area contributed by atoms with Crippen molar-refractivity contribution in [2.75, 3.05) is 6.61 Å². The Morgan fingerprint density at radius 2 is 2.00 bits per heavy atom. The van der Waals surface area contributed by atoms with Crippen molar-refractivity contribution in [2.45, 2.75) is 13.0 Å². The van der Waals surface area contributed by atoms with Gasteiger partial charge in [-0.25, -0.2) is 4.79 Å². The van der Waals surface area contributed by atoms with E-state index in [0.29, 0.717) is 5.56 Å². The first-order chi connectivity index (χ1) is 9.22. The van der Waals surface area contributed by atoms with Gasteiger partial charge >= 0.3 is 5.97 Å². The standard InChI is InChI=1S/C16H14O3/c1-2-19-16(18)11-10-15(17)14-9-5-7-12-6-3-4-8-13(12)14/h3-9,15,17H,2H2,1H3. The van der Waals surface area contributed by atoms with Crippen molar-refractivity contribution >= 4 is 16.7 Å². The summed E-state index contributed by atoms with van der Waals surface area (Å²) in [5.74, 6) is 4.17. The number of carbonyl (C=O) groups excluding carboxylic acids is 1. The number of benzene rings is 2. The van der Waals surface area contributed by atoms with Crippen molar-refractivity contribution in [1.82, 2.24) is 0 Å². The zero-order valence-electron chi connectivity index (χ0n) is 10.6. The Balaban J connectivity index is 2.31. The van der Waals surface area contributed by atoms with E-state index < -0.39 is 12.1 Å². The zero-order chi connectivity index (χ0) is 13.7. The van der Waals surface area contributed by atoms with Gasteiger partial charge in [0.15, 0.2) is 0 Å². The maximum Gasteiger partial charge on any atom is 0.384 e. The van der Waals surface area contributed by atoms with Crippen LogP contribution in [0.1, 0.15) is 18.6 Å². The molecule has 3 nitrogen and oxygen atoms in total. The highest BCUT2D eigenvalue weighted by atomic mass is 16.5. The van der Waals surface area contributed by atoms with Gasteiger partial charge in [0, 0.05) is 11.5 Å².